The molecule has 9 heteroatoms. The summed E-state index contributed by atoms with van der Waals surface area (Å²) in [5.41, 5.74) is 5.45. The molecule has 5 rings (SSSR count). The second-order valence-electron chi connectivity index (χ2n) is 11.2. The number of nitrogens with zero attached hydrogens (tertiary/aromatic N) is 2. The molecule has 4 atom stereocenters. The number of carbonyl (C=O) groups is 2. The molecule has 9 nitrogen and oxygen atoms in total. The van der Waals surface area contributed by atoms with Gasteiger partial charge in [0.15, 0.2) is 6.29 Å². The SMILES string of the molecule is CC(=O)NCCCCCC(=O)Nc1ccc([C@H]2O[C@@H](Cn3cnc4ccccc43)[C@@H](C)[C@@H](c3ccc(CO)cc3)O2)cc1. The van der Waals surface area contributed by atoms with Crippen LogP contribution in [0.5, 0.6) is 0 Å². The first-order valence-corrected chi connectivity index (χ1v) is 15.0. The number of fused-ring (bicyclic) bond motifs is 1. The maximum Gasteiger partial charge on any atom is 0.224 e. The smallest absolute Gasteiger partial charge is 0.224 e. The molecular weight excluding hydrogens is 544 g/mol. The van der Waals surface area contributed by atoms with Gasteiger partial charge in [-0.25, -0.2) is 4.98 Å². The first-order chi connectivity index (χ1) is 20.9. The van der Waals surface area contributed by atoms with Gasteiger partial charge in [-0.3, -0.25) is 9.59 Å². The van der Waals surface area contributed by atoms with Gasteiger partial charge >= 0.3 is 0 Å². The van der Waals surface area contributed by atoms with Gasteiger partial charge in [0.2, 0.25) is 11.8 Å². The van der Waals surface area contributed by atoms with Crippen LogP contribution in [-0.2, 0) is 32.2 Å². The maximum atomic E-state index is 12.5. The number of aliphatic hydroxyl groups excluding tert-OH is 1. The molecule has 0 saturated carbocycles. The summed E-state index contributed by atoms with van der Waals surface area (Å²) in [6.07, 6.45) is 3.78. The van der Waals surface area contributed by atoms with Crippen molar-refractivity contribution in [2.45, 2.75) is 71.2 Å². The third-order valence-electron chi connectivity index (χ3n) is 7.95. The van der Waals surface area contributed by atoms with E-state index in [2.05, 4.69) is 33.2 Å². The first kappa shape index (κ1) is 30.4. The van der Waals surface area contributed by atoms with Crippen molar-refractivity contribution < 1.29 is 24.2 Å². The van der Waals surface area contributed by atoms with E-state index >= 15 is 0 Å². The Kier molecular flexibility index (Phi) is 10.2. The van der Waals surface area contributed by atoms with E-state index in [1.54, 1.807) is 0 Å². The highest BCUT2D eigenvalue weighted by atomic mass is 16.7. The Labute approximate surface area is 252 Å². The van der Waals surface area contributed by atoms with Gasteiger partial charge in [0.05, 0.1) is 42.7 Å². The average Bonchev–Trinajstić information content (AvgIpc) is 3.43. The summed E-state index contributed by atoms with van der Waals surface area (Å²) in [5, 5.41) is 15.3. The van der Waals surface area contributed by atoms with Crippen LogP contribution in [-0.4, -0.2) is 39.1 Å². The molecule has 0 bridgehead atoms. The highest BCUT2D eigenvalue weighted by Crippen LogP contribution is 2.42. The number of para-hydroxylation sites is 2. The predicted octanol–water partition coefficient (Wildman–Crippen LogP) is 5.66. The summed E-state index contributed by atoms with van der Waals surface area (Å²) in [5.74, 6) is -0.0335. The molecule has 0 spiro atoms. The molecule has 226 valence electrons. The Balaban J connectivity index is 1.27. The fourth-order valence-corrected chi connectivity index (χ4v) is 5.48. The van der Waals surface area contributed by atoms with Gasteiger partial charge < -0.3 is 29.8 Å². The zero-order valence-corrected chi connectivity index (χ0v) is 24.7. The number of ether oxygens (including phenoxy) is 2. The zero-order chi connectivity index (χ0) is 30.2. The fraction of sp³-hybridized carbons (Fsp3) is 0.382. The van der Waals surface area contributed by atoms with Crippen molar-refractivity contribution in [3.63, 3.8) is 0 Å². The zero-order valence-electron chi connectivity index (χ0n) is 24.7. The highest BCUT2D eigenvalue weighted by molar-refractivity contribution is 5.90. The van der Waals surface area contributed by atoms with Crippen LogP contribution in [0.1, 0.15) is 68.6 Å². The lowest BCUT2D eigenvalue weighted by Gasteiger charge is -2.41. The third-order valence-corrected chi connectivity index (χ3v) is 7.95. The third kappa shape index (κ3) is 7.87. The van der Waals surface area contributed by atoms with Crippen LogP contribution in [0.4, 0.5) is 5.69 Å². The first-order valence-electron chi connectivity index (χ1n) is 15.0. The summed E-state index contributed by atoms with van der Waals surface area (Å²) < 4.78 is 15.3. The Morgan fingerprint density at radius 1 is 0.930 bits per heavy atom. The van der Waals surface area contributed by atoms with Crippen LogP contribution in [0.2, 0.25) is 0 Å². The standard InChI is InChI=1S/C34H40N4O5/c1-23-31(20-38-22-36-29-8-5-6-9-30(29)38)42-34(43-33(23)26-13-11-25(21-39)12-14-26)27-15-17-28(18-16-27)37-32(41)10-4-3-7-19-35-24(2)40/h5-6,8-9,11-18,22-23,31,33-34,39H,3-4,7,10,19-21H2,1-2H3,(H,35,40)(H,37,41)/t23-,31+,33+,34+/m1/s1. The Morgan fingerprint density at radius 3 is 2.42 bits per heavy atom. The number of hydrogen-bond donors (Lipinski definition) is 3. The molecule has 0 radical (unpaired) electrons. The second kappa shape index (κ2) is 14.4. The number of aromatic nitrogens is 2. The van der Waals surface area contributed by atoms with E-state index in [9.17, 15) is 14.7 Å². The van der Waals surface area contributed by atoms with E-state index in [1.165, 1.54) is 6.92 Å². The molecule has 0 unspecified atom stereocenters. The van der Waals surface area contributed by atoms with Crippen LogP contribution in [0.25, 0.3) is 11.0 Å². The average molecular weight is 585 g/mol. The van der Waals surface area contributed by atoms with Crippen molar-refractivity contribution in [2.24, 2.45) is 5.92 Å². The number of imidazole rings is 1. The number of carbonyl (C=O) groups excluding carboxylic acids is 2. The maximum absolute atomic E-state index is 12.5. The summed E-state index contributed by atoms with van der Waals surface area (Å²) in [6, 6.07) is 23.5. The van der Waals surface area contributed by atoms with Crippen molar-refractivity contribution >= 4 is 28.5 Å². The molecule has 1 fully saturated rings. The molecule has 3 N–H and O–H groups in total. The number of nitrogens with one attached hydrogen (secondary N) is 2. The van der Waals surface area contributed by atoms with Crippen LogP contribution >= 0.6 is 0 Å². The van der Waals surface area contributed by atoms with Crippen molar-refractivity contribution in [3.05, 3.63) is 95.8 Å². The molecule has 3 aromatic carbocycles. The second-order valence-corrected chi connectivity index (χ2v) is 11.2. The van der Waals surface area contributed by atoms with E-state index in [1.807, 2.05) is 73.1 Å². The number of anilines is 1. The summed E-state index contributed by atoms with van der Waals surface area (Å²) in [7, 11) is 0. The Bertz CT molecular complexity index is 1500. The predicted molar refractivity (Wildman–Crippen MR) is 165 cm³/mol. The molecule has 2 amide bonds. The minimum atomic E-state index is -0.605. The lowest BCUT2D eigenvalue weighted by atomic mass is 9.90. The van der Waals surface area contributed by atoms with Gasteiger partial charge in [-0.05, 0) is 48.2 Å². The van der Waals surface area contributed by atoms with E-state index in [-0.39, 0.29) is 36.5 Å². The molecular formula is C34H40N4O5. The topological polar surface area (TPSA) is 115 Å². The molecule has 4 aromatic rings. The molecule has 2 heterocycles. The Morgan fingerprint density at radius 2 is 1.67 bits per heavy atom. The molecule has 43 heavy (non-hydrogen) atoms. The Hall–Kier alpha value is -4.05. The minimum absolute atomic E-state index is 0.00902. The van der Waals surface area contributed by atoms with E-state index in [0.29, 0.717) is 25.2 Å². The van der Waals surface area contributed by atoms with Gasteiger partial charge in [-0.2, -0.15) is 0 Å². The van der Waals surface area contributed by atoms with Crippen molar-refractivity contribution in [1.82, 2.24) is 14.9 Å². The van der Waals surface area contributed by atoms with Gasteiger partial charge in [0, 0.05) is 37.1 Å². The number of benzene rings is 3. The summed E-state index contributed by atoms with van der Waals surface area (Å²) in [6.45, 7) is 4.89. The number of hydrogen-bond acceptors (Lipinski definition) is 6. The lowest BCUT2D eigenvalue weighted by molar-refractivity contribution is -0.276. The number of aliphatic hydroxyl groups is 1. The quantitative estimate of drug-likeness (QED) is 0.185. The monoisotopic (exact) mass is 584 g/mol. The van der Waals surface area contributed by atoms with Crippen LogP contribution in [0.15, 0.2) is 79.1 Å². The molecule has 1 saturated heterocycles. The van der Waals surface area contributed by atoms with Crippen LogP contribution < -0.4 is 10.6 Å². The van der Waals surface area contributed by atoms with E-state index < -0.39 is 6.29 Å². The van der Waals surface area contributed by atoms with Crippen molar-refractivity contribution in [3.8, 4) is 0 Å². The number of amides is 2. The van der Waals surface area contributed by atoms with Crippen molar-refractivity contribution in [1.29, 1.82) is 0 Å². The minimum Gasteiger partial charge on any atom is -0.392 e. The van der Waals surface area contributed by atoms with Gasteiger partial charge in [-0.15, -0.1) is 0 Å². The van der Waals surface area contributed by atoms with Crippen LogP contribution in [0.3, 0.4) is 0 Å². The number of unbranched alkanes of at least 4 members (excludes halogenated alkanes) is 2. The molecule has 1 aliphatic heterocycles. The van der Waals surface area contributed by atoms with Crippen LogP contribution in [0, 0.1) is 5.92 Å². The largest absolute Gasteiger partial charge is 0.392 e. The lowest BCUT2D eigenvalue weighted by Crippen LogP contribution is -2.39. The van der Waals surface area contributed by atoms with Gasteiger partial charge in [-0.1, -0.05) is 61.9 Å². The van der Waals surface area contributed by atoms with E-state index in [4.69, 9.17) is 9.47 Å². The fourth-order valence-electron chi connectivity index (χ4n) is 5.48. The molecule has 1 aliphatic rings. The number of rotatable bonds is 12. The molecule has 1 aromatic heterocycles. The van der Waals surface area contributed by atoms with Crippen molar-refractivity contribution in [2.75, 3.05) is 11.9 Å². The highest BCUT2D eigenvalue weighted by Gasteiger charge is 2.38. The van der Waals surface area contributed by atoms with Gasteiger partial charge in [0.1, 0.15) is 0 Å². The van der Waals surface area contributed by atoms with Gasteiger partial charge in [0.25, 0.3) is 0 Å². The summed E-state index contributed by atoms with van der Waals surface area (Å²) >= 11 is 0. The van der Waals surface area contributed by atoms with E-state index in [0.717, 1.165) is 47.0 Å². The summed E-state index contributed by atoms with van der Waals surface area (Å²) in [4.78, 5) is 28.0. The molecule has 0 aliphatic carbocycles. The normalized spacial score (nSPS) is 20.2.